The van der Waals surface area contributed by atoms with Crippen molar-refractivity contribution in [2.75, 3.05) is 6.54 Å². The van der Waals surface area contributed by atoms with Gasteiger partial charge in [0.15, 0.2) is 0 Å². The number of aryl methyl sites for hydroxylation is 2. The Balaban J connectivity index is 1.92. The number of aromatic amines is 1. The van der Waals surface area contributed by atoms with Crippen LogP contribution in [0.3, 0.4) is 0 Å². The molecule has 0 bridgehead atoms. The predicted molar refractivity (Wildman–Crippen MR) is 109 cm³/mol. The van der Waals surface area contributed by atoms with E-state index in [1.54, 1.807) is 6.92 Å². The second-order valence-electron chi connectivity index (χ2n) is 6.86. The van der Waals surface area contributed by atoms with Crippen LogP contribution in [0.1, 0.15) is 43.5 Å². The number of nitrogens with zero attached hydrogens (tertiary/aromatic N) is 1. The van der Waals surface area contributed by atoms with E-state index in [0.717, 1.165) is 15.3 Å². The minimum Gasteiger partial charge on any atom is -0.393 e. The minimum absolute atomic E-state index is 0.0429. The van der Waals surface area contributed by atoms with Crippen LogP contribution in [0.4, 0.5) is 0 Å². The van der Waals surface area contributed by atoms with Crippen molar-refractivity contribution in [2.45, 2.75) is 58.1 Å². The molecular formula is C18H27N3O3S2. The number of carbonyl (C=O) groups excluding carboxylic acids is 1. The maximum absolute atomic E-state index is 12.3. The summed E-state index contributed by atoms with van der Waals surface area (Å²) in [6.45, 7) is 10.1. The fraction of sp³-hybridized carbons (Fsp3) is 0.611. The minimum atomic E-state index is -0.365. The van der Waals surface area contributed by atoms with Crippen LogP contribution in [0.5, 0.6) is 0 Å². The second-order valence-corrected chi connectivity index (χ2v) is 9.40. The van der Waals surface area contributed by atoms with Crippen molar-refractivity contribution in [3.63, 3.8) is 0 Å². The van der Waals surface area contributed by atoms with Gasteiger partial charge in [0, 0.05) is 11.4 Å². The van der Waals surface area contributed by atoms with Gasteiger partial charge in [-0.05, 0) is 45.6 Å². The number of aromatic nitrogens is 2. The van der Waals surface area contributed by atoms with Gasteiger partial charge in [-0.1, -0.05) is 6.92 Å². The molecule has 0 aliphatic rings. The van der Waals surface area contributed by atoms with E-state index in [1.165, 1.54) is 23.1 Å². The maximum atomic E-state index is 12.3. The molecular weight excluding hydrogens is 370 g/mol. The third-order valence-electron chi connectivity index (χ3n) is 4.30. The number of aliphatic hydroxyl groups excluding tert-OH is 1. The van der Waals surface area contributed by atoms with Crippen molar-refractivity contribution in [3.8, 4) is 0 Å². The average molecular weight is 398 g/mol. The van der Waals surface area contributed by atoms with Gasteiger partial charge in [0.2, 0.25) is 5.91 Å². The molecule has 0 aliphatic carbocycles. The number of aliphatic hydroxyl groups is 1. The lowest BCUT2D eigenvalue weighted by atomic mass is 10.0. The fourth-order valence-corrected chi connectivity index (χ4v) is 4.56. The van der Waals surface area contributed by atoms with Crippen molar-refractivity contribution in [2.24, 2.45) is 5.92 Å². The third kappa shape index (κ3) is 5.31. The van der Waals surface area contributed by atoms with Crippen molar-refractivity contribution >= 4 is 39.2 Å². The van der Waals surface area contributed by atoms with E-state index in [4.69, 9.17) is 0 Å². The van der Waals surface area contributed by atoms with E-state index in [2.05, 4.69) is 15.3 Å². The zero-order valence-corrected chi connectivity index (χ0v) is 17.5. The Hall–Kier alpha value is -1.38. The molecule has 0 unspecified atom stereocenters. The summed E-state index contributed by atoms with van der Waals surface area (Å²) in [6.07, 6.45) is 0.295. The summed E-state index contributed by atoms with van der Waals surface area (Å²) in [5.74, 6) is 1.25. The fourth-order valence-electron chi connectivity index (χ4n) is 2.73. The lowest BCUT2D eigenvalue weighted by molar-refractivity contribution is -0.120. The Morgan fingerprint density at radius 2 is 2.04 bits per heavy atom. The molecule has 8 heteroatoms. The van der Waals surface area contributed by atoms with Gasteiger partial charge in [-0.3, -0.25) is 9.59 Å². The first kappa shape index (κ1) is 20.9. The Labute approximate surface area is 161 Å². The summed E-state index contributed by atoms with van der Waals surface area (Å²) >= 11 is 2.97. The van der Waals surface area contributed by atoms with Crippen LogP contribution in [0, 0.1) is 19.8 Å². The van der Waals surface area contributed by atoms with Gasteiger partial charge in [-0.15, -0.1) is 23.1 Å². The van der Waals surface area contributed by atoms with Gasteiger partial charge in [-0.25, -0.2) is 4.98 Å². The molecule has 0 saturated heterocycles. The zero-order chi connectivity index (χ0) is 19.4. The van der Waals surface area contributed by atoms with E-state index in [0.29, 0.717) is 29.9 Å². The average Bonchev–Trinajstić information content (AvgIpc) is 2.84. The highest BCUT2D eigenvalue weighted by molar-refractivity contribution is 7.99. The van der Waals surface area contributed by atoms with Crippen LogP contribution in [0.25, 0.3) is 10.2 Å². The van der Waals surface area contributed by atoms with E-state index < -0.39 is 0 Å². The Morgan fingerprint density at radius 1 is 1.35 bits per heavy atom. The lowest BCUT2D eigenvalue weighted by Crippen LogP contribution is -2.34. The van der Waals surface area contributed by atoms with E-state index in [1.807, 2.05) is 27.7 Å². The number of hydrogen-bond donors (Lipinski definition) is 3. The van der Waals surface area contributed by atoms with Crippen LogP contribution in [0.2, 0.25) is 0 Å². The number of amides is 1. The Morgan fingerprint density at radius 3 is 2.69 bits per heavy atom. The Bertz CT molecular complexity index is 829. The first-order chi connectivity index (χ1) is 12.2. The number of hydrogen-bond acceptors (Lipinski definition) is 6. The highest BCUT2D eigenvalue weighted by Gasteiger charge is 2.17. The summed E-state index contributed by atoms with van der Waals surface area (Å²) in [7, 11) is 0. The highest BCUT2D eigenvalue weighted by atomic mass is 32.2. The smallest absolute Gasteiger partial charge is 0.259 e. The Kier molecular flexibility index (Phi) is 7.25. The number of nitrogens with one attached hydrogen (secondary N) is 2. The summed E-state index contributed by atoms with van der Waals surface area (Å²) in [5, 5.41) is 12.7. The summed E-state index contributed by atoms with van der Waals surface area (Å²) in [5.41, 5.74) is 0.869. The van der Waals surface area contributed by atoms with Crippen LogP contribution < -0.4 is 10.9 Å². The van der Waals surface area contributed by atoms with Gasteiger partial charge >= 0.3 is 0 Å². The largest absolute Gasteiger partial charge is 0.393 e. The standard InChI is InChI=1S/C18H27N3O3S2/c1-9(6-10(2)22)7-19-16(23)13(5)25-8-14-20-17(24)15-11(3)12(4)26-18(15)21-14/h9-10,13,22H,6-8H2,1-5H3,(H,19,23)(H,20,21,24)/t9-,10+,13-/m1/s1. The molecule has 26 heavy (non-hydrogen) atoms. The molecule has 0 spiro atoms. The first-order valence-electron chi connectivity index (χ1n) is 8.75. The van der Waals surface area contributed by atoms with Gasteiger partial charge in [0.05, 0.1) is 22.5 Å². The molecule has 0 fully saturated rings. The van der Waals surface area contributed by atoms with Gasteiger partial charge < -0.3 is 15.4 Å². The van der Waals surface area contributed by atoms with Gasteiger partial charge in [-0.2, -0.15) is 0 Å². The quantitative estimate of drug-likeness (QED) is 0.637. The van der Waals surface area contributed by atoms with Crippen molar-refractivity contribution in [1.29, 1.82) is 0 Å². The number of H-pyrrole nitrogens is 1. The molecule has 2 aromatic heterocycles. The lowest BCUT2D eigenvalue weighted by Gasteiger charge is -2.16. The zero-order valence-electron chi connectivity index (χ0n) is 15.9. The number of fused-ring (bicyclic) bond motifs is 1. The molecule has 2 rings (SSSR count). The summed E-state index contributed by atoms with van der Waals surface area (Å²) in [4.78, 5) is 33.7. The monoisotopic (exact) mass is 397 g/mol. The molecule has 144 valence electrons. The molecule has 0 saturated carbocycles. The number of rotatable bonds is 8. The third-order valence-corrected chi connectivity index (χ3v) is 6.55. The SMILES string of the molecule is Cc1sc2nc(CS[C@H](C)C(=O)NC[C@H](C)C[C@H](C)O)[nH]c(=O)c2c1C. The number of thiophene rings is 1. The van der Waals surface area contributed by atoms with E-state index >= 15 is 0 Å². The van der Waals surface area contributed by atoms with Crippen LogP contribution in [-0.2, 0) is 10.5 Å². The predicted octanol–water partition coefficient (Wildman–Crippen LogP) is 2.75. The van der Waals surface area contributed by atoms with Crippen LogP contribution >= 0.6 is 23.1 Å². The maximum Gasteiger partial charge on any atom is 0.259 e. The van der Waals surface area contributed by atoms with Gasteiger partial charge in [0.25, 0.3) is 5.56 Å². The highest BCUT2D eigenvalue weighted by Crippen LogP contribution is 2.26. The molecule has 0 aromatic carbocycles. The summed E-state index contributed by atoms with van der Waals surface area (Å²) < 4.78 is 0. The van der Waals surface area contributed by atoms with Crippen LogP contribution in [-0.4, -0.2) is 38.9 Å². The second kappa shape index (κ2) is 9.01. The van der Waals surface area contributed by atoms with Crippen molar-refractivity contribution in [3.05, 3.63) is 26.6 Å². The van der Waals surface area contributed by atoms with Crippen LogP contribution in [0.15, 0.2) is 4.79 Å². The summed E-state index contributed by atoms with van der Waals surface area (Å²) in [6, 6.07) is 0. The molecule has 3 N–H and O–H groups in total. The molecule has 0 radical (unpaired) electrons. The van der Waals surface area contributed by atoms with Crippen molar-refractivity contribution < 1.29 is 9.90 Å². The topological polar surface area (TPSA) is 95.1 Å². The van der Waals surface area contributed by atoms with E-state index in [9.17, 15) is 14.7 Å². The first-order valence-corrected chi connectivity index (χ1v) is 10.6. The number of carbonyl (C=O) groups is 1. The molecule has 1 amide bonds. The molecule has 2 heterocycles. The number of thioether (sulfide) groups is 1. The molecule has 6 nitrogen and oxygen atoms in total. The van der Waals surface area contributed by atoms with Crippen molar-refractivity contribution in [1.82, 2.24) is 15.3 Å². The molecule has 0 aliphatic heterocycles. The van der Waals surface area contributed by atoms with E-state index in [-0.39, 0.29) is 28.7 Å². The molecule has 2 aromatic rings. The normalized spacial score (nSPS) is 15.0. The van der Waals surface area contributed by atoms with Gasteiger partial charge in [0.1, 0.15) is 10.7 Å². The molecule has 3 atom stereocenters.